The summed E-state index contributed by atoms with van der Waals surface area (Å²) >= 11 is 7.55. The number of thiol groups is 1. The van der Waals surface area contributed by atoms with Crippen molar-refractivity contribution in [1.82, 2.24) is 0 Å². The van der Waals surface area contributed by atoms with E-state index in [0.717, 1.165) is 20.9 Å². The Morgan fingerprint density at radius 3 is 2.64 bits per heavy atom. The van der Waals surface area contributed by atoms with Gasteiger partial charge in [-0.15, -0.1) is 12.6 Å². The zero-order valence-electron chi connectivity index (χ0n) is 5.50. The van der Waals surface area contributed by atoms with Crippen LogP contribution in [0.5, 0.6) is 11.5 Å². The molecule has 0 saturated carbocycles. The molecule has 0 aliphatic carbocycles. The molecule has 0 radical (unpaired) electrons. The quantitative estimate of drug-likeness (QED) is 0.694. The zero-order valence-corrected chi connectivity index (χ0v) is 7.98. The van der Waals surface area contributed by atoms with Crippen LogP contribution in [0.4, 0.5) is 0 Å². The van der Waals surface area contributed by atoms with Crippen molar-refractivity contribution in [3.8, 4) is 11.5 Å². The van der Waals surface area contributed by atoms with Gasteiger partial charge in [-0.2, -0.15) is 0 Å². The van der Waals surface area contributed by atoms with E-state index in [4.69, 9.17) is 9.47 Å². The highest BCUT2D eigenvalue weighted by Crippen LogP contribution is 2.37. The molecule has 4 heteroatoms. The molecule has 11 heavy (non-hydrogen) atoms. The summed E-state index contributed by atoms with van der Waals surface area (Å²) in [5.41, 5.74) is 0. The minimum absolute atomic E-state index is 0.305. The number of fused-ring (bicyclic) bond motifs is 1. The van der Waals surface area contributed by atoms with E-state index >= 15 is 0 Å². The first-order valence-corrected chi connectivity index (χ1v) is 4.29. The van der Waals surface area contributed by atoms with E-state index in [2.05, 4.69) is 28.6 Å². The second-order valence-corrected chi connectivity index (χ2v) is 3.49. The lowest BCUT2D eigenvalue weighted by Gasteiger charge is -1.98. The summed E-state index contributed by atoms with van der Waals surface area (Å²) in [5.74, 6) is 1.54. The molecule has 1 aromatic rings. The second-order valence-electron chi connectivity index (χ2n) is 2.16. The van der Waals surface area contributed by atoms with Gasteiger partial charge in [0.15, 0.2) is 11.5 Å². The molecule has 1 aromatic carbocycles. The van der Waals surface area contributed by atoms with E-state index in [1.54, 1.807) is 0 Å². The van der Waals surface area contributed by atoms with Gasteiger partial charge in [0.1, 0.15) is 0 Å². The highest BCUT2D eigenvalue weighted by atomic mass is 79.9. The molecule has 58 valence electrons. The van der Waals surface area contributed by atoms with Gasteiger partial charge in [0.05, 0.1) is 0 Å². The summed E-state index contributed by atoms with van der Waals surface area (Å²) < 4.78 is 11.2. The number of hydrogen-bond donors (Lipinski definition) is 1. The smallest absolute Gasteiger partial charge is 0.231 e. The number of rotatable bonds is 0. The van der Waals surface area contributed by atoms with Crippen molar-refractivity contribution < 1.29 is 9.47 Å². The summed E-state index contributed by atoms with van der Waals surface area (Å²) in [6, 6.07) is 3.68. The summed E-state index contributed by atoms with van der Waals surface area (Å²) in [6.07, 6.45) is 0. The summed E-state index contributed by atoms with van der Waals surface area (Å²) in [6.45, 7) is 0.305. The fourth-order valence-electron chi connectivity index (χ4n) is 0.906. The lowest BCUT2D eigenvalue weighted by Crippen LogP contribution is -1.92. The third kappa shape index (κ3) is 1.20. The number of benzene rings is 1. The maximum absolute atomic E-state index is 5.15. The third-order valence-corrected chi connectivity index (χ3v) is 2.77. The summed E-state index contributed by atoms with van der Waals surface area (Å²) in [7, 11) is 0. The molecule has 0 fully saturated rings. The summed E-state index contributed by atoms with van der Waals surface area (Å²) in [5, 5.41) is 0. The highest BCUT2D eigenvalue weighted by molar-refractivity contribution is 9.10. The topological polar surface area (TPSA) is 18.5 Å². The van der Waals surface area contributed by atoms with E-state index in [9.17, 15) is 0 Å². The van der Waals surface area contributed by atoms with Crippen molar-refractivity contribution in [2.75, 3.05) is 6.79 Å². The minimum Gasteiger partial charge on any atom is -0.454 e. The first-order valence-electron chi connectivity index (χ1n) is 3.05. The highest BCUT2D eigenvalue weighted by Gasteiger charge is 2.14. The minimum atomic E-state index is 0.305. The molecule has 0 bridgehead atoms. The van der Waals surface area contributed by atoms with Crippen molar-refractivity contribution in [2.45, 2.75) is 4.90 Å². The van der Waals surface area contributed by atoms with E-state index in [1.165, 1.54) is 0 Å². The molecule has 1 aliphatic heterocycles. The van der Waals surface area contributed by atoms with Gasteiger partial charge in [0.2, 0.25) is 6.79 Å². The van der Waals surface area contributed by atoms with Crippen molar-refractivity contribution in [1.29, 1.82) is 0 Å². The van der Waals surface area contributed by atoms with Gasteiger partial charge in [0.25, 0.3) is 0 Å². The van der Waals surface area contributed by atoms with Gasteiger partial charge in [-0.3, -0.25) is 0 Å². The number of ether oxygens (including phenoxy) is 2. The maximum atomic E-state index is 5.15. The molecule has 0 aromatic heterocycles. The molecule has 0 unspecified atom stereocenters. The third-order valence-electron chi connectivity index (χ3n) is 1.44. The van der Waals surface area contributed by atoms with Gasteiger partial charge >= 0.3 is 0 Å². The van der Waals surface area contributed by atoms with Gasteiger partial charge < -0.3 is 9.47 Å². The van der Waals surface area contributed by atoms with Crippen LogP contribution in [-0.4, -0.2) is 6.79 Å². The molecule has 0 amide bonds. The van der Waals surface area contributed by atoms with Crippen molar-refractivity contribution >= 4 is 28.6 Å². The fourth-order valence-corrected chi connectivity index (χ4v) is 1.41. The molecule has 0 saturated heterocycles. The van der Waals surface area contributed by atoms with Crippen molar-refractivity contribution in [3.05, 3.63) is 16.6 Å². The van der Waals surface area contributed by atoms with Gasteiger partial charge in [-0.25, -0.2) is 0 Å². The first-order chi connectivity index (χ1) is 5.27. The Labute approximate surface area is 78.0 Å². The second kappa shape index (κ2) is 2.60. The van der Waals surface area contributed by atoms with E-state index < -0.39 is 0 Å². The number of hydrogen-bond acceptors (Lipinski definition) is 3. The van der Waals surface area contributed by atoms with Crippen LogP contribution in [0, 0.1) is 0 Å². The molecular formula is C7H5BrO2S. The van der Waals surface area contributed by atoms with Crippen LogP contribution >= 0.6 is 28.6 Å². The largest absolute Gasteiger partial charge is 0.454 e. The predicted molar refractivity (Wildman–Crippen MR) is 47.5 cm³/mol. The van der Waals surface area contributed by atoms with Crippen LogP contribution < -0.4 is 9.47 Å². The van der Waals surface area contributed by atoms with Crippen LogP contribution in [0.25, 0.3) is 0 Å². The van der Waals surface area contributed by atoms with E-state index in [1.807, 2.05) is 12.1 Å². The molecule has 0 N–H and O–H groups in total. The standard InChI is InChI=1S/C7H5BrO2S/c8-4-1-5-6(2-7(4)11)10-3-9-5/h1-2,11H,3H2. The molecule has 0 atom stereocenters. The Balaban J connectivity index is 2.57. The van der Waals surface area contributed by atoms with E-state index in [-0.39, 0.29) is 0 Å². The van der Waals surface area contributed by atoms with Gasteiger partial charge in [-0.1, -0.05) is 0 Å². The van der Waals surface area contributed by atoms with Gasteiger partial charge in [0, 0.05) is 9.37 Å². The molecule has 0 spiro atoms. The molecular weight excluding hydrogens is 228 g/mol. The van der Waals surface area contributed by atoms with Crippen LogP contribution in [0.1, 0.15) is 0 Å². The Bertz CT molecular complexity index is 272. The number of halogens is 1. The van der Waals surface area contributed by atoms with Crippen molar-refractivity contribution in [3.63, 3.8) is 0 Å². The maximum Gasteiger partial charge on any atom is 0.231 e. The molecule has 1 heterocycles. The molecule has 2 rings (SSSR count). The average Bonchev–Trinajstić information content (AvgIpc) is 2.36. The van der Waals surface area contributed by atoms with Crippen LogP contribution in [0.2, 0.25) is 0 Å². The Morgan fingerprint density at radius 2 is 1.91 bits per heavy atom. The zero-order chi connectivity index (χ0) is 7.84. The SMILES string of the molecule is Sc1cc2c(cc1Br)OCO2. The first kappa shape index (κ1) is 7.31. The predicted octanol–water partition coefficient (Wildman–Crippen LogP) is 2.47. The molecule has 2 nitrogen and oxygen atoms in total. The summed E-state index contributed by atoms with van der Waals surface area (Å²) in [4.78, 5) is 0.856. The lowest BCUT2D eigenvalue weighted by molar-refractivity contribution is 0.174. The fraction of sp³-hybridized carbons (Fsp3) is 0.143. The Hall–Kier alpha value is -0.350. The average molecular weight is 233 g/mol. The van der Waals surface area contributed by atoms with Crippen LogP contribution in [0.3, 0.4) is 0 Å². The van der Waals surface area contributed by atoms with Gasteiger partial charge in [-0.05, 0) is 28.1 Å². The van der Waals surface area contributed by atoms with Crippen molar-refractivity contribution in [2.24, 2.45) is 0 Å². The van der Waals surface area contributed by atoms with Crippen LogP contribution in [-0.2, 0) is 0 Å². The normalized spacial score (nSPS) is 13.6. The Kier molecular flexibility index (Phi) is 1.73. The lowest BCUT2D eigenvalue weighted by atomic mass is 10.3. The molecule has 1 aliphatic rings. The van der Waals surface area contributed by atoms with E-state index in [0.29, 0.717) is 6.79 Å². The monoisotopic (exact) mass is 232 g/mol. The Morgan fingerprint density at radius 1 is 1.27 bits per heavy atom. The van der Waals surface area contributed by atoms with Crippen LogP contribution in [0.15, 0.2) is 21.5 Å².